The Morgan fingerprint density at radius 1 is 0.846 bits per heavy atom. The van der Waals surface area contributed by atoms with E-state index in [2.05, 4.69) is 22.4 Å². The number of carbonyl (C=O) groups excluding carboxylic acids is 1. The second kappa shape index (κ2) is 8.16. The van der Waals surface area contributed by atoms with E-state index in [0.717, 1.165) is 17.5 Å². The molecule has 1 amide bonds. The van der Waals surface area contributed by atoms with Crippen molar-refractivity contribution in [1.29, 1.82) is 0 Å². The van der Waals surface area contributed by atoms with Gasteiger partial charge in [0.1, 0.15) is 11.6 Å². The predicted octanol–water partition coefficient (Wildman–Crippen LogP) is 2.81. The van der Waals surface area contributed by atoms with Gasteiger partial charge in [-0.1, -0.05) is 42.5 Å². The third-order valence-corrected chi connectivity index (χ3v) is 4.06. The highest BCUT2D eigenvalue weighted by Gasteiger charge is 2.07. The maximum absolute atomic E-state index is 12.4. The van der Waals surface area contributed by atoms with Crippen LogP contribution >= 0.6 is 0 Å². The maximum atomic E-state index is 12.4. The molecule has 0 saturated heterocycles. The van der Waals surface area contributed by atoms with Crippen LogP contribution < -0.4 is 16.8 Å². The standard InChI is InChI=1S/C21H22N4O/c22-19-13-17(14-20(23)25-19)11-16-7-4-8-18(12-16)21(26)24-10-9-15-5-2-1-3-6-15/h1-8,12-14H,9-11H2,(H,24,26)(H4,22,23,25). The molecule has 5 heteroatoms. The van der Waals surface area contributed by atoms with E-state index in [1.165, 1.54) is 5.56 Å². The van der Waals surface area contributed by atoms with Crippen LogP contribution in [0.2, 0.25) is 0 Å². The van der Waals surface area contributed by atoms with Crippen molar-refractivity contribution in [3.63, 3.8) is 0 Å². The minimum atomic E-state index is -0.0727. The zero-order valence-electron chi connectivity index (χ0n) is 14.5. The first-order valence-electron chi connectivity index (χ1n) is 8.53. The molecule has 132 valence electrons. The lowest BCUT2D eigenvalue weighted by Crippen LogP contribution is -2.25. The molecule has 0 fully saturated rings. The molecular weight excluding hydrogens is 324 g/mol. The molecule has 0 aliphatic heterocycles. The van der Waals surface area contributed by atoms with Gasteiger partial charge in [-0.3, -0.25) is 4.79 Å². The van der Waals surface area contributed by atoms with Crippen molar-refractivity contribution in [3.8, 4) is 0 Å². The number of nitrogens with zero attached hydrogens (tertiary/aromatic N) is 1. The molecule has 0 spiro atoms. The molecule has 26 heavy (non-hydrogen) atoms. The molecule has 0 atom stereocenters. The molecule has 5 N–H and O–H groups in total. The van der Waals surface area contributed by atoms with Crippen LogP contribution in [0.1, 0.15) is 27.0 Å². The maximum Gasteiger partial charge on any atom is 0.251 e. The first-order chi connectivity index (χ1) is 12.6. The van der Waals surface area contributed by atoms with Crippen molar-refractivity contribution in [2.24, 2.45) is 0 Å². The highest BCUT2D eigenvalue weighted by Crippen LogP contribution is 2.15. The van der Waals surface area contributed by atoms with E-state index >= 15 is 0 Å². The molecule has 0 unspecified atom stereocenters. The SMILES string of the molecule is Nc1cc(Cc2cccc(C(=O)NCCc3ccccc3)c2)cc(N)n1. The monoisotopic (exact) mass is 346 g/mol. The Bertz CT molecular complexity index is 873. The summed E-state index contributed by atoms with van der Waals surface area (Å²) in [6.07, 6.45) is 1.45. The van der Waals surface area contributed by atoms with Gasteiger partial charge in [0.15, 0.2) is 0 Å². The number of hydrogen-bond acceptors (Lipinski definition) is 4. The van der Waals surface area contributed by atoms with Gasteiger partial charge in [-0.15, -0.1) is 0 Å². The fourth-order valence-electron chi connectivity index (χ4n) is 2.86. The largest absolute Gasteiger partial charge is 0.384 e. The first kappa shape index (κ1) is 17.5. The van der Waals surface area contributed by atoms with E-state index < -0.39 is 0 Å². The Kier molecular flexibility index (Phi) is 5.49. The fourth-order valence-corrected chi connectivity index (χ4v) is 2.86. The van der Waals surface area contributed by atoms with Crippen molar-refractivity contribution >= 4 is 17.5 Å². The lowest BCUT2D eigenvalue weighted by atomic mass is 10.0. The number of nitrogen functional groups attached to an aromatic ring is 2. The average Bonchev–Trinajstić information content (AvgIpc) is 2.62. The van der Waals surface area contributed by atoms with E-state index in [-0.39, 0.29) is 5.91 Å². The third kappa shape index (κ3) is 4.83. The van der Waals surface area contributed by atoms with E-state index in [1.807, 2.05) is 42.5 Å². The molecule has 3 rings (SSSR count). The van der Waals surface area contributed by atoms with Gasteiger partial charge in [0, 0.05) is 12.1 Å². The van der Waals surface area contributed by atoms with Crippen LogP contribution in [0, 0.1) is 0 Å². The number of hydrogen-bond donors (Lipinski definition) is 3. The summed E-state index contributed by atoms with van der Waals surface area (Å²) in [5, 5.41) is 2.97. The zero-order valence-corrected chi connectivity index (χ0v) is 14.5. The number of benzene rings is 2. The second-order valence-electron chi connectivity index (χ2n) is 6.19. The number of pyridine rings is 1. The first-order valence-corrected chi connectivity index (χ1v) is 8.53. The molecule has 1 heterocycles. The molecule has 0 aliphatic rings. The zero-order chi connectivity index (χ0) is 18.4. The fraction of sp³-hybridized carbons (Fsp3) is 0.143. The summed E-state index contributed by atoms with van der Waals surface area (Å²) >= 11 is 0. The van der Waals surface area contributed by atoms with E-state index in [0.29, 0.717) is 30.2 Å². The number of carbonyl (C=O) groups is 1. The number of aromatic nitrogens is 1. The summed E-state index contributed by atoms with van der Waals surface area (Å²) in [6, 6.07) is 21.3. The highest BCUT2D eigenvalue weighted by molar-refractivity contribution is 5.94. The Labute approximate surface area is 153 Å². The summed E-state index contributed by atoms with van der Waals surface area (Å²) in [7, 11) is 0. The highest BCUT2D eigenvalue weighted by atomic mass is 16.1. The summed E-state index contributed by atoms with van der Waals surface area (Å²) in [5.74, 6) is 0.723. The molecule has 0 aliphatic carbocycles. The molecule has 3 aromatic rings. The van der Waals surface area contributed by atoms with E-state index in [4.69, 9.17) is 11.5 Å². The minimum absolute atomic E-state index is 0.0727. The Balaban J connectivity index is 1.61. The van der Waals surface area contributed by atoms with Crippen molar-refractivity contribution < 1.29 is 4.79 Å². The van der Waals surface area contributed by atoms with Crippen molar-refractivity contribution in [2.45, 2.75) is 12.8 Å². The molecule has 2 aromatic carbocycles. The predicted molar refractivity (Wildman–Crippen MR) is 105 cm³/mol. The van der Waals surface area contributed by atoms with Crippen LogP contribution in [0.4, 0.5) is 11.6 Å². The summed E-state index contributed by atoms with van der Waals surface area (Å²) in [5.41, 5.74) is 15.3. The van der Waals surface area contributed by atoms with Gasteiger partial charge in [0.25, 0.3) is 5.91 Å². The molecule has 5 nitrogen and oxygen atoms in total. The van der Waals surface area contributed by atoms with Gasteiger partial charge >= 0.3 is 0 Å². The van der Waals surface area contributed by atoms with E-state index in [1.54, 1.807) is 12.1 Å². The van der Waals surface area contributed by atoms with Crippen LogP contribution in [0.15, 0.2) is 66.7 Å². The van der Waals surface area contributed by atoms with Crippen LogP contribution in [0.5, 0.6) is 0 Å². The van der Waals surface area contributed by atoms with Crippen LogP contribution in [0.3, 0.4) is 0 Å². The number of anilines is 2. The lowest BCUT2D eigenvalue weighted by Gasteiger charge is -2.08. The normalized spacial score (nSPS) is 10.5. The smallest absolute Gasteiger partial charge is 0.251 e. The quantitative estimate of drug-likeness (QED) is 0.640. The van der Waals surface area contributed by atoms with Gasteiger partial charge in [0.05, 0.1) is 0 Å². The topological polar surface area (TPSA) is 94.0 Å². The Hall–Kier alpha value is -3.34. The van der Waals surface area contributed by atoms with Crippen molar-refractivity contribution in [3.05, 3.63) is 89.0 Å². The minimum Gasteiger partial charge on any atom is -0.384 e. The van der Waals surface area contributed by atoms with Crippen molar-refractivity contribution in [2.75, 3.05) is 18.0 Å². The number of nitrogens with one attached hydrogen (secondary N) is 1. The van der Waals surface area contributed by atoms with Crippen LogP contribution in [-0.2, 0) is 12.8 Å². The van der Waals surface area contributed by atoms with Crippen LogP contribution in [-0.4, -0.2) is 17.4 Å². The van der Waals surface area contributed by atoms with Crippen molar-refractivity contribution in [1.82, 2.24) is 10.3 Å². The van der Waals surface area contributed by atoms with Gasteiger partial charge in [-0.05, 0) is 53.8 Å². The number of nitrogens with two attached hydrogens (primary N) is 2. The van der Waals surface area contributed by atoms with Gasteiger partial charge in [0.2, 0.25) is 0 Å². The Morgan fingerprint density at radius 3 is 2.27 bits per heavy atom. The third-order valence-electron chi connectivity index (χ3n) is 4.06. The molecule has 0 bridgehead atoms. The Morgan fingerprint density at radius 2 is 1.54 bits per heavy atom. The average molecular weight is 346 g/mol. The summed E-state index contributed by atoms with van der Waals surface area (Å²) in [6.45, 7) is 0.602. The number of amides is 1. The molecule has 1 aromatic heterocycles. The number of rotatable bonds is 6. The van der Waals surface area contributed by atoms with Gasteiger partial charge in [-0.2, -0.15) is 0 Å². The molecule has 0 radical (unpaired) electrons. The lowest BCUT2D eigenvalue weighted by molar-refractivity contribution is 0.0954. The molecule has 0 saturated carbocycles. The van der Waals surface area contributed by atoms with E-state index in [9.17, 15) is 4.79 Å². The van der Waals surface area contributed by atoms with Crippen LogP contribution in [0.25, 0.3) is 0 Å². The molecular formula is C21H22N4O. The summed E-state index contributed by atoms with van der Waals surface area (Å²) in [4.78, 5) is 16.4. The van der Waals surface area contributed by atoms with Gasteiger partial charge < -0.3 is 16.8 Å². The second-order valence-corrected chi connectivity index (χ2v) is 6.19. The summed E-state index contributed by atoms with van der Waals surface area (Å²) < 4.78 is 0. The van der Waals surface area contributed by atoms with Gasteiger partial charge in [-0.25, -0.2) is 4.98 Å².